The van der Waals surface area contributed by atoms with E-state index >= 15 is 0 Å². The van der Waals surface area contributed by atoms with E-state index in [0.717, 1.165) is 66.0 Å². The van der Waals surface area contributed by atoms with Crippen LogP contribution in [0.5, 0.6) is 0 Å². The third-order valence-electron chi connectivity index (χ3n) is 8.51. The van der Waals surface area contributed by atoms with Crippen LogP contribution < -0.4 is 16.0 Å². The third kappa shape index (κ3) is 10.4. The molecule has 0 bridgehead atoms. The topological polar surface area (TPSA) is 87.3 Å². The highest BCUT2D eigenvalue weighted by atomic mass is 16.2. The molecule has 0 aliphatic carbocycles. The van der Waals surface area contributed by atoms with Crippen molar-refractivity contribution < 1.29 is 14.4 Å². The van der Waals surface area contributed by atoms with Gasteiger partial charge in [-0.2, -0.15) is 0 Å². The predicted molar refractivity (Wildman–Crippen MR) is 185 cm³/mol. The first-order chi connectivity index (χ1) is 21.9. The maximum absolute atomic E-state index is 14.1. The van der Waals surface area contributed by atoms with Gasteiger partial charge in [-0.3, -0.25) is 14.4 Å². The molecule has 1 aliphatic rings. The quantitative estimate of drug-likeness (QED) is 0.287. The zero-order valence-electron chi connectivity index (χ0n) is 26.9. The Balaban J connectivity index is 1.72. The molecule has 4 rings (SSSR count). The number of amides is 3. The van der Waals surface area contributed by atoms with E-state index in [1.54, 1.807) is 0 Å². The molecule has 1 heterocycles. The SMILES string of the molecule is CC(C)[C@@H]1NC(=O)/C(c2cccc3ccccc23)=C\C=C(\c2ccccc2)CNC(=O)CCCCCCCCCCCNC1=O. The Bertz CT molecular complexity index is 1470. The molecule has 3 amide bonds. The average Bonchev–Trinajstić information content (AvgIpc) is 3.05. The molecule has 1 atom stereocenters. The molecule has 3 aromatic carbocycles. The predicted octanol–water partition coefficient (Wildman–Crippen LogP) is 7.59. The summed E-state index contributed by atoms with van der Waals surface area (Å²) >= 11 is 0. The second-order valence-electron chi connectivity index (χ2n) is 12.4. The standard InChI is InChI=1S/C39H49N3O3/c1-29(2)37-39(45)40-27-16-9-7-5-3-4-6-8-13-24-36(43)41-28-32(30-18-11-10-12-19-30)25-26-35(38(44)42-37)34-23-17-21-31-20-14-15-22-33(31)34/h10-12,14-15,17-23,25-26,29,37H,3-9,13,16,24,27-28H2,1-2H3,(H,40,45)(H,41,43)(H,42,44)/b32-25+,35-26-/t37-/m0/s1. The van der Waals surface area contributed by atoms with Gasteiger partial charge in [0.05, 0.1) is 0 Å². The van der Waals surface area contributed by atoms with Crippen molar-refractivity contribution in [1.29, 1.82) is 0 Å². The van der Waals surface area contributed by atoms with E-state index in [4.69, 9.17) is 0 Å². The molecule has 3 N–H and O–H groups in total. The molecule has 0 unspecified atom stereocenters. The largest absolute Gasteiger partial charge is 0.354 e. The van der Waals surface area contributed by atoms with Crippen molar-refractivity contribution in [3.63, 3.8) is 0 Å². The summed E-state index contributed by atoms with van der Waals surface area (Å²) in [5.41, 5.74) is 3.11. The van der Waals surface area contributed by atoms with Gasteiger partial charge in [0.25, 0.3) is 5.91 Å². The van der Waals surface area contributed by atoms with Gasteiger partial charge in [0.15, 0.2) is 0 Å². The molecule has 6 nitrogen and oxygen atoms in total. The van der Waals surface area contributed by atoms with Gasteiger partial charge in [-0.1, -0.05) is 138 Å². The second kappa shape index (κ2) is 17.9. The molecule has 0 spiro atoms. The molecule has 45 heavy (non-hydrogen) atoms. The maximum atomic E-state index is 14.1. The summed E-state index contributed by atoms with van der Waals surface area (Å²) < 4.78 is 0. The van der Waals surface area contributed by atoms with Crippen molar-refractivity contribution in [3.05, 3.63) is 96.1 Å². The lowest BCUT2D eigenvalue weighted by Gasteiger charge is -2.23. The third-order valence-corrected chi connectivity index (χ3v) is 8.51. The minimum Gasteiger partial charge on any atom is -0.354 e. The average molecular weight is 608 g/mol. The van der Waals surface area contributed by atoms with Gasteiger partial charge < -0.3 is 16.0 Å². The Labute approximate surface area is 268 Å². The van der Waals surface area contributed by atoms with Gasteiger partial charge in [0, 0.05) is 25.1 Å². The van der Waals surface area contributed by atoms with Crippen LogP contribution in [0.25, 0.3) is 21.9 Å². The minimum absolute atomic E-state index is 0.0389. The van der Waals surface area contributed by atoms with Crippen LogP contribution in [0.2, 0.25) is 0 Å². The van der Waals surface area contributed by atoms with Crippen LogP contribution in [0.3, 0.4) is 0 Å². The lowest BCUT2D eigenvalue weighted by atomic mass is 9.95. The number of fused-ring (bicyclic) bond motifs is 1. The molecule has 0 aromatic heterocycles. The molecule has 6 heteroatoms. The fourth-order valence-corrected chi connectivity index (χ4v) is 5.85. The van der Waals surface area contributed by atoms with Gasteiger partial charge in [-0.15, -0.1) is 0 Å². The van der Waals surface area contributed by atoms with E-state index in [9.17, 15) is 14.4 Å². The molecular formula is C39H49N3O3. The Morgan fingerprint density at radius 1 is 0.667 bits per heavy atom. The maximum Gasteiger partial charge on any atom is 0.252 e. The van der Waals surface area contributed by atoms with Gasteiger partial charge >= 0.3 is 0 Å². The van der Waals surface area contributed by atoms with E-state index in [1.165, 1.54) is 19.3 Å². The van der Waals surface area contributed by atoms with Crippen molar-refractivity contribution in [2.75, 3.05) is 13.1 Å². The normalized spacial score (nSPS) is 21.5. The summed E-state index contributed by atoms with van der Waals surface area (Å²) in [5, 5.41) is 11.2. The fourth-order valence-electron chi connectivity index (χ4n) is 5.85. The monoisotopic (exact) mass is 607 g/mol. The van der Waals surface area contributed by atoms with E-state index in [0.29, 0.717) is 25.1 Å². The second-order valence-corrected chi connectivity index (χ2v) is 12.4. The summed E-state index contributed by atoms with van der Waals surface area (Å²) in [5.74, 6) is -0.525. The first kappa shape index (κ1) is 33.7. The fraction of sp³-hybridized carbons (Fsp3) is 0.410. The lowest BCUT2D eigenvalue weighted by Crippen LogP contribution is -2.50. The van der Waals surface area contributed by atoms with E-state index in [1.807, 2.05) is 98.8 Å². The van der Waals surface area contributed by atoms with E-state index in [-0.39, 0.29) is 23.6 Å². The molecule has 0 saturated carbocycles. The highest BCUT2D eigenvalue weighted by Gasteiger charge is 2.26. The smallest absolute Gasteiger partial charge is 0.252 e. The lowest BCUT2D eigenvalue weighted by molar-refractivity contribution is -0.127. The van der Waals surface area contributed by atoms with Gasteiger partial charge in [0.2, 0.25) is 11.8 Å². The summed E-state index contributed by atoms with van der Waals surface area (Å²) in [7, 11) is 0. The molecular weight excluding hydrogens is 558 g/mol. The van der Waals surface area contributed by atoms with Crippen LogP contribution in [-0.4, -0.2) is 36.9 Å². The molecule has 238 valence electrons. The number of rotatable bonds is 3. The molecule has 0 saturated heterocycles. The molecule has 0 fully saturated rings. The number of hydrogen-bond donors (Lipinski definition) is 3. The zero-order chi connectivity index (χ0) is 31.9. The number of hydrogen-bond acceptors (Lipinski definition) is 3. The summed E-state index contributed by atoms with van der Waals surface area (Å²) in [4.78, 5) is 40.2. The van der Waals surface area contributed by atoms with Gasteiger partial charge in [-0.25, -0.2) is 0 Å². The molecule has 3 aromatic rings. The van der Waals surface area contributed by atoms with Gasteiger partial charge in [-0.05, 0) is 52.3 Å². The minimum atomic E-state index is -0.672. The highest BCUT2D eigenvalue weighted by molar-refractivity contribution is 6.23. The Morgan fingerprint density at radius 3 is 2.04 bits per heavy atom. The van der Waals surface area contributed by atoms with Crippen LogP contribution in [0, 0.1) is 5.92 Å². The number of allylic oxidation sites excluding steroid dienone is 2. The number of benzene rings is 3. The number of nitrogens with one attached hydrogen (secondary N) is 3. The first-order valence-electron chi connectivity index (χ1n) is 16.7. The van der Waals surface area contributed by atoms with Gasteiger partial charge in [0.1, 0.15) is 6.04 Å². The highest BCUT2D eigenvalue weighted by Crippen LogP contribution is 2.27. The van der Waals surface area contributed by atoms with E-state index < -0.39 is 6.04 Å². The number of carbonyl (C=O) groups is 3. The Kier molecular flexibility index (Phi) is 13.4. The zero-order valence-corrected chi connectivity index (χ0v) is 26.9. The summed E-state index contributed by atoms with van der Waals surface area (Å²) in [6.45, 7) is 4.86. The van der Waals surface area contributed by atoms with E-state index in [2.05, 4.69) is 16.0 Å². The first-order valence-corrected chi connectivity index (χ1v) is 16.7. The van der Waals surface area contributed by atoms with Crippen LogP contribution in [0.15, 0.2) is 84.9 Å². The Morgan fingerprint density at radius 2 is 1.31 bits per heavy atom. The van der Waals surface area contributed by atoms with Crippen LogP contribution >= 0.6 is 0 Å². The molecule has 1 aliphatic heterocycles. The van der Waals surface area contributed by atoms with Crippen LogP contribution in [-0.2, 0) is 14.4 Å². The van der Waals surface area contributed by atoms with Crippen LogP contribution in [0.4, 0.5) is 0 Å². The number of carbonyl (C=O) groups excluding carboxylic acids is 3. The van der Waals surface area contributed by atoms with Crippen molar-refractivity contribution in [2.45, 2.75) is 84.1 Å². The summed E-state index contributed by atoms with van der Waals surface area (Å²) in [6, 6.07) is 23.2. The van der Waals surface area contributed by atoms with Crippen molar-refractivity contribution in [1.82, 2.24) is 16.0 Å². The van der Waals surface area contributed by atoms with Crippen LogP contribution in [0.1, 0.15) is 89.2 Å². The summed E-state index contributed by atoms with van der Waals surface area (Å²) in [6.07, 6.45) is 14.1. The van der Waals surface area contributed by atoms with Crippen molar-refractivity contribution in [3.8, 4) is 0 Å². The van der Waals surface area contributed by atoms with Crippen molar-refractivity contribution >= 4 is 39.6 Å². The Hall–Kier alpha value is -4.19. The van der Waals surface area contributed by atoms with Crippen molar-refractivity contribution in [2.24, 2.45) is 5.92 Å². The molecule has 0 radical (unpaired) electrons.